The first kappa shape index (κ1) is 22.1. The molecule has 2 rings (SSSR count). The van der Waals surface area contributed by atoms with Gasteiger partial charge in [-0.05, 0) is 50.6 Å². The molecule has 9 heteroatoms. The lowest BCUT2D eigenvalue weighted by Crippen LogP contribution is -2.49. The van der Waals surface area contributed by atoms with Crippen LogP contribution in [-0.4, -0.2) is 23.0 Å². The molecule has 0 fully saturated rings. The van der Waals surface area contributed by atoms with Gasteiger partial charge in [-0.1, -0.05) is 41.9 Å². The molecule has 0 radical (unpaired) electrons. The highest BCUT2D eigenvalue weighted by Crippen LogP contribution is 2.41. The summed E-state index contributed by atoms with van der Waals surface area (Å²) in [5, 5.41) is -3.95. The summed E-state index contributed by atoms with van der Waals surface area (Å²) in [4.78, 5) is -0.516. The number of benzene rings is 2. The molecule has 2 aromatic rings. The number of halogens is 3. The normalized spacial score (nSPS) is 15.4. The molecule has 0 heterocycles. The van der Waals surface area contributed by atoms with Gasteiger partial charge in [0.2, 0.25) is 9.84 Å². The lowest BCUT2D eigenvalue weighted by atomic mass is 10.1. The first-order chi connectivity index (χ1) is 12.4. The number of hydrogen-bond acceptors (Lipinski definition) is 4. The fraction of sp³-hybridized carbons (Fsp3) is 0.333. The van der Waals surface area contributed by atoms with E-state index in [-0.39, 0.29) is 5.56 Å². The zero-order chi connectivity index (χ0) is 20.5. The standard InChI is InChI=1S/C18H20ClF2NO3S2/c1-17(2,3)26(23)22-16(13-9-11-14(19)12-10-13)18(20,21)27(24,25)15-7-5-4-6-8-15/h4-12,16,22H,1-3H3/t16-,26?/m0/s1. The van der Waals surface area contributed by atoms with Gasteiger partial charge in [-0.3, -0.25) is 0 Å². The second kappa shape index (κ2) is 8.05. The Labute approximate surface area is 166 Å². The molecule has 148 valence electrons. The summed E-state index contributed by atoms with van der Waals surface area (Å²) in [6.07, 6.45) is 0. The smallest absolute Gasteiger partial charge is 0.373 e. The van der Waals surface area contributed by atoms with Crippen LogP contribution < -0.4 is 4.72 Å². The van der Waals surface area contributed by atoms with Crippen LogP contribution in [0.15, 0.2) is 59.5 Å². The molecule has 0 bridgehead atoms. The van der Waals surface area contributed by atoms with Gasteiger partial charge in [0, 0.05) is 16.4 Å². The average Bonchev–Trinajstić information content (AvgIpc) is 2.60. The van der Waals surface area contributed by atoms with Gasteiger partial charge >= 0.3 is 5.25 Å². The van der Waals surface area contributed by atoms with Crippen LogP contribution in [0.25, 0.3) is 0 Å². The van der Waals surface area contributed by atoms with E-state index in [4.69, 9.17) is 11.6 Å². The van der Waals surface area contributed by atoms with Crippen molar-refractivity contribution in [3.05, 3.63) is 65.2 Å². The molecular weight excluding hydrogens is 416 g/mol. The van der Waals surface area contributed by atoms with Gasteiger partial charge in [0.15, 0.2) is 6.04 Å². The van der Waals surface area contributed by atoms with Gasteiger partial charge in [-0.25, -0.2) is 8.42 Å². The van der Waals surface area contributed by atoms with E-state index in [0.29, 0.717) is 5.02 Å². The maximum atomic E-state index is 15.3. The van der Waals surface area contributed by atoms with Crippen molar-refractivity contribution in [3.8, 4) is 0 Å². The monoisotopic (exact) mass is 435 g/mol. The van der Waals surface area contributed by atoms with Crippen molar-refractivity contribution in [1.29, 1.82) is 0 Å². The highest BCUT2D eigenvalue weighted by atomic mass is 35.5. The maximum absolute atomic E-state index is 15.3. The summed E-state index contributed by atoms with van der Waals surface area (Å²) in [6.45, 7) is 4.79. The minimum Gasteiger partial charge on any atom is -0.598 e. The van der Waals surface area contributed by atoms with Gasteiger partial charge in [0.05, 0.1) is 4.90 Å². The Morgan fingerprint density at radius 2 is 1.56 bits per heavy atom. The molecule has 0 aliphatic rings. The van der Waals surface area contributed by atoms with Crippen molar-refractivity contribution < 1.29 is 21.8 Å². The van der Waals surface area contributed by atoms with Gasteiger partial charge < -0.3 is 4.55 Å². The van der Waals surface area contributed by atoms with Gasteiger partial charge in [-0.15, -0.1) is 4.72 Å². The molecule has 27 heavy (non-hydrogen) atoms. The average molecular weight is 436 g/mol. The lowest BCUT2D eigenvalue weighted by Gasteiger charge is -2.32. The number of rotatable bonds is 6. The van der Waals surface area contributed by atoms with E-state index in [1.807, 2.05) is 0 Å². The van der Waals surface area contributed by atoms with Crippen molar-refractivity contribution in [3.63, 3.8) is 0 Å². The second-order valence-corrected chi connectivity index (χ2v) is 11.3. The minimum absolute atomic E-state index is 0.0403. The molecule has 0 saturated heterocycles. The Morgan fingerprint density at radius 3 is 2.04 bits per heavy atom. The molecule has 4 nitrogen and oxygen atoms in total. The van der Waals surface area contributed by atoms with Crippen LogP contribution in [0.1, 0.15) is 32.4 Å². The molecular formula is C18H20ClF2NO3S2. The Hall–Kier alpha value is -1.19. The van der Waals surface area contributed by atoms with E-state index in [1.165, 1.54) is 42.5 Å². The van der Waals surface area contributed by atoms with Crippen LogP contribution in [0.5, 0.6) is 0 Å². The second-order valence-electron chi connectivity index (χ2n) is 6.86. The first-order valence-electron chi connectivity index (χ1n) is 7.98. The van der Waals surface area contributed by atoms with Crippen LogP contribution >= 0.6 is 11.6 Å². The topological polar surface area (TPSA) is 69.2 Å². The van der Waals surface area contributed by atoms with E-state index in [9.17, 15) is 13.0 Å². The van der Waals surface area contributed by atoms with E-state index < -0.39 is 42.1 Å². The predicted molar refractivity (Wildman–Crippen MR) is 104 cm³/mol. The van der Waals surface area contributed by atoms with Gasteiger partial charge in [0.1, 0.15) is 4.75 Å². The molecule has 0 aliphatic carbocycles. The lowest BCUT2D eigenvalue weighted by molar-refractivity contribution is 0.0553. The number of hydrogen-bond donors (Lipinski definition) is 1. The van der Waals surface area contributed by atoms with Crippen molar-refractivity contribution in [1.82, 2.24) is 4.72 Å². The molecule has 0 aromatic heterocycles. The van der Waals surface area contributed by atoms with E-state index >= 15 is 8.78 Å². The third-order valence-corrected chi connectivity index (χ3v) is 7.39. The van der Waals surface area contributed by atoms with Gasteiger partial charge in [0.25, 0.3) is 0 Å². The summed E-state index contributed by atoms with van der Waals surface area (Å²) < 4.78 is 69.7. The zero-order valence-corrected chi connectivity index (χ0v) is 17.3. The van der Waals surface area contributed by atoms with E-state index in [1.54, 1.807) is 20.8 Å². The molecule has 0 saturated carbocycles. The Morgan fingerprint density at radius 1 is 1.04 bits per heavy atom. The summed E-state index contributed by atoms with van der Waals surface area (Å²) in [7, 11) is -5.05. The van der Waals surface area contributed by atoms with Gasteiger partial charge in [-0.2, -0.15) is 8.78 Å². The first-order valence-corrected chi connectivity index (χ1v) is 11.0. The van der Waals surface area contributed by atoms with Crippen LogP contribution in [0.2, 0.25) is 5.02 Å². The molecule has 1 unspecified atom stereocenters. The minimum atomic E-state index is -5.05. The number of sulfone groups is 1. The fourth-order valence-electron chi connectivity index (χ4n) is 2.18. The molecule has 0 amide bonds. The van der Waals surface area contributed by atoms with Crippen LogP contribution in [-0.2, 0) is 21.2 Å². The van der Waals surface area contributed by atoms with Crippen LogP contribution in [0, 0.1) is 0 Å². The fourth-order valence-corrected chi connectivity index (χ4v) is 4.57. The molecule has 2 aromatic carbocycles. The summed E-state index contributed by atoms with van der Waals surface area (Å²) in [5.74, 6) is 0. The molecule has 1 N–H and O–H groups in total. The summed E-state index contributed by atoms with van der Waals surface area (Å²) in [5.41, 5.74) is -0.0403. The van der Waals surface area contributed by atoms with Crippen molar-refractivity contribution >= 4 is 32.8 Å². The quantitative estimate of drug-likeness (QED) is 0.678. The highest BCUT2D eigenvalue weighted by Gasteiger charge is 2.56. The Kier molecular flexibility index (Phi) is 6.59. The van der Waals surface area contributed by atoms with Crippen molar-refractivity contribution in [2.75, 3.05) is 0 Å². The van der Waals surface area contributed by atoms with E-state index in [2.05, 4.69) is 4.72 Å². The van der Waals surface area contributed by atoms with E-state index in [0.717, 1.165) is 12.1 Å². The largest absolute Gasteiger partial charge is 0.598 e. The highest BCUT2D eigenvalue weighted by molar-refractivity contribution is 7.93. The number of alkyl halides is 2. The Balaban J connectivity index is 2.55. The zero-order valence-electron chi connectivity index (χ0n) is 14.9. The molecule has 0 aliphatic heterocycles. The summed E-state index contributed by atoms with van der Waals surface area (Å²) >= 11 is 3.87. The predicted octanol–water partition coefficient (Wildman–Crippen LogP) is 4.50. The van der Waals surface area contributed by atoms with Crippen molar-refractivity contribution in [2.24, 2.45) is 0 Å². The number of nitrogens with one attached hydrogen (secondary N) is 1. The third-order valence-electron chi connectivity index (χ3n) is 3.73. The van der Waals surface area contributed by atoms with Crippen LogP contribution in [0.3, 0.4) is 0 Å². The Bertz CT molecular complexity index is 870. The molecule has 2 atom stereocenters. The van der Waals surface area contributed by atoms with Crippen LogP contribution in [0.4, 0.5) is 8.78 Å². The summed E-state index contributed by atoms with van der Waals surface area (Å²) in [6, 6.07) is 9.74. The van der Waals surface area contributed by atoms with Crippen molar-refractivity contribution in [2.45, 2.75) is 41.7 Å². The SMILES string of the molecule is CC(C)(C)[S+]([O-])N[C@@H](c1ccc(Cl)cc1)C(F)(F)S(=O)(=O)c1ccccc1. The maximum Gasteiger partial charge on any atom is 0.373 e. The molecule has 0 spiro atoms. The third kappa shape index (κ3) is 4.81.